The third-order valence-electron chi connectivity index (χ3n) is 3.49. The molecule has 0 spiro atoms. The van der Waals surface area contributed by atoms with Crippen molar-refractivity contribution in [1.82, 2.24) is 20.3 Å². The number of benzene rings is 2. The van der Waals surface area contributed by atoms with Gasteiger partial charge in [-0.2, -0.15) is 0 Å². The maximum absolute atomic E-state index is 12.2. The Bertz CT molecular complexity index is 804. The van der Waals surface area contributed by atoms with Crippen molar-refractivity contribution in [3.8, 4) is 5.69 Å². The number of hydrogen-bond acceptors (Lipinski definition) is 3. The van der Waals surface area contributed by atoms with Crippen LogP contribution < -0.4 is 5.32 Å². The molecule has 116 valence electrons. The molecule has 1 amide bonds. The lowest BCUT2D eigenvalue weighted by molar-refractivity contribution is 0.0946. The van der Waals surface area contributed by atoms with E-state index in [0.717, 1.165) is 22.4 Å². The van der Waals surface area contributed by atoms with Gasteiger partial charge in [0.15, 0.2) is 5.69 Å². The van der Waals surface area contributed by atoms with Crippen LogP contribution in [0.1, 0.15) is 27.2 Å². The molecule has 3 rings (SSSR count). The van der Waals surface area contributed by atoms with Gasteiger partial charge < -0.3 is 5.32 Å². The van der Waals surface area contributed by atoms with Gasteiger partial charge in [0.05, 0.1) is 11.9 Å². The SMILES string of the molecule is Cc1cc(C)cc(-n2cc(C(=O)NCc3ccccc3)nn2)c1. The quantitative estimate of drug-likeness (QED) is 0.806. The third-order valence-corrected chi connectivity index (χ3v) is 3.49. The lowest BCUT2D eigenvalue weighted by Crippen LogP contribution is -2.23. The Morgan fingerprint density at radius 3 is 2.48 bits per heavy atom. The molecule has 0 saturated carbocycles. The summed E-state index contributed by atoms with van der Waals surface area (Å²) in [5.74, 6) is -0.232. The van der Waals surface area contributed by atoms with Gasteiger partial charge in [0, 0.05) is 6.54 Å². The smallest absolute Gasteiger partial charge is 0.273 e. The highest BCUT2D eigenvalue weighted by atomic mass is 16.2. The summed E-state index contributed by atoms with van der Waals surface area (Å²) in [5.41, 5.74) is 4.54. The molecule has 0 aliphatic rings. The van der Waals surface area contributed by atoms with Gasteiger partial charge in [0.2, 0.25) is 0 Å². The van der Waals surface area contributed by atoms with E-state index in [1.54, 1.807) is 10.9 Å². The second-order valence-corrected chi connectivity index (χ2v) is 5.56. The number of aryl methyl sites for hydroxylation is 2. The number of carbonyl (C=O) groups excluding carboxylic acids is 1. The van der Waals surface area contributed by atoms with Gasteiger partial charge in [-0.25, -0.2) is 4.68 Å². The van der Waals surface area contributed by atoms with Crippen molar-refractivity contribution in [3.63, 3.8) is 0 Å². The maximum Gasteiger partial charge on any atom is 0.273 e. The number of hydrogen-bond donors (Lipinski definition) is 1. The third kappa shape index (κ3) is 3.63. The summed E-state index contributed by atoms with van der Waals surface area (Å²) in [6.07, 6.45) is 1.65. The Kier molecular flexibility index (Phi) is 4.19. The summed E-state index contributed by atoms with van der Waals surface area (Å²) < 4.78 is 1.62. The van der Waals surface area contributed by atoms with Crippen molar-refractivity contribution in [2.75, 3.05) is 0 Å². The number of nitrogens with zero attached hydrogens (tertiary/aromatic N) is 3. The standard InChI is InChI=1S/C18H18N4O/c1-13-8-14(2)10-16(9-13)22-12-17(20-21-22)18(23)19-11-15-6-4-3-5-7-15/h3-10,12H,11H2,1-2H3,(H,19,23). The Morgan fingerprint density at radius 2 is 1.78 bits per heavy atom. The van der Waals surface area contributed by atoms with Crippen LogP contribution in [0.2, 0.25) is 0 Å². The summed E-state index contributed by atoms with van der Waals surface area (Å²) in [5, 5.41) is 10.9. The Hall–Kier alpha value is -2.95. The highest BCUT2D eigenvalue weighted by Crippen LogP contribution is 2.13. The molecule has 23 heavy (non-hydrogen) atoms. The molecular weight excluding hydrogens is 288 g/mol. The number of aromatic nitrogens is 3. The lowest BCUT2D eigenvalue weighted by atomic mass is 10.1. The van der Waals surface area contributed by atoms with Crippen molar-refractivity contribution in [2.45, 2.75) is 20.4 Å². The second kappa shape index (κ2) is 6.44. The molecule has 0 fully saturated rings. The predicted molar refractivity (Wildman–Crippen MR) is 88.4 cm³/mol. The van der Waals surface area contributed by atoms with Gasteiger partial charge in [0.25, 0.3) is 5.91 Å². The van der Waals surface area contributed by atoms with Crippen LogP contribution in [0, 0.1) is 13.8 Å². The Balaban J connectivity index is 1.72. The Morgan fingerprint density at radius 1 is 1.09 bits per heavy atom. The van der Waals surface area contributed by atoms with Crippen molar-refractivity contribution >= 4 is 5.91 Å². The van der Waals surface area contributed by atoms with E-state index < -0.39 is 0 Å². The molecule has 1 aromatic heterocycles. The molecule has 5 heteroatoms. The zero-order chi connectivity index (χ0) is 16.2. The van der Waals surface area contributed by atoms with E-state index in [4.69, 9.17) is 0 Å². The number of nitrogens with one attached hydrogen (secondary N) is 1. The monoisotopic (exact) mass is 306 g/mol. The van der Waals surface area contributed by atoms with Crippen LogP contribution in [-0.4, -0.2) is 20.9 Å². The van der Waals surface area contributed by atoms with Crippen LogP contribution in [0.4, 0.5) is 0 Å². The van der Waals surface area contributed by atoms with Crippen molar-refractivity contribution in [1.29, 1.82) is 0 Å². The summed E-state index contributed by atoms with van der Waals surface area (Å²) >= 11 is 0. The molecule has 0 saturated heterocycles. The highest BCUT2D eigenvalue weighted by Gasteiger charge is 2.11. The molecule has 5 nitrogen and oxygen atoms in total. The van der Waals surface area contributed by atoms with Gasteiger partial charge >= 0.3 is 0 Å². The van der Waals surface area contributed by atoms with E-state index in [2.05, 4.69) is 21.7 Å². The van der Waals surface area contributed by atoms with Gasteiger partial charge in [-0.05, 0) is 42.7 Å². The van der Waals surface area contributed by atoms with Crippen molar-refractivity contribution in [2.24, 2.45) is 0 Å². The summed E-state index contributed by atoms with van der Waals surface area (Å²) in [7, 11) is 0. The van der Waals surface area contributed by atoms with E-state index >= 15 is 0 Å². The number of rotatable bonds is 4. The molecule has 0 unspecified atom stereocenters. The van der Waals surface area contributed by atoms with Crippen LogP contribution >= 0.6 is 0 Å². The predicted octanol–water partition coefficient (Wildman–Crippen LogP) is 2.81. The van der Waals surface area contributed by atoms with Crippen LogP contribution in [0.3, 0.4) is 0 Å². The van der Waals surface area contributed by atoms with Crippen LogP contribution in [-0.2, 0) is 6.54 Å². The molecule has 0 atom stereocenters. The maximum atomic E-state index is 12.2. The van der Waals surface area contributed by atoms with E-state index in [1.165, 1.54) is 0 Å². The van der Waals surface area contributed by atoms with Gasteiger partial charge in [0.1, 0.15) is 0 Å². The van der Waals surface area contributed by atoms with Crippen LogP contribution in [0.5, 0.6) is 0 Å². The van der Waals surface area contributed by atoms with Crippen LogP contribution in [0.15, 0.2) is 54.7 Å². The van der Waals surface area contributed by atoms with Crippen LogP contribution in [0.25, 0.3) is 5.69 Å². The Labute approximate surface area is 135 Å². The minimum absolute atomic E-state index is 0.232. The van der Waals surface area contributed by atoms with Crippen molar-refractivity contribution < 1.29 is 4.79 Å². The van der Waals surface area contributed by atoms with E-state index in [9.17, 15) is 4.79 Å². The van der Waals surface area contributed by atoms with E-state index in [-0.39, 0.29) is 5.91 Å². The summed E-state index contributed by atoms with van der Waals surface area (Å²) in [4.78, 5) is 12.2. The fourth-order valence-electron chi connectivity index (χ4n) is 2.45. The van der Waals surface area contributed by atoms with Gasteiger partial charge in [-0.15, -0.1) is 5.10 Å². The molecular formula is C18H18N4O. The molecule has 1 heterocycles. The zero-order valence-electron chi connectivity index (χ0n) is 13.2. The summed E-state index contributed by atoms with van der Waals surface area (Å²) in [6, 6.07) is 15.9. The molecule has 3 aromatic rings. The number of carbonyl (C=O) groups is 1. The normalized spacial score (nSPS) is 10.5. The largest absolute Gasteiger partial charge is 0.347 e. The first-order chi connectivity index (χ1) is 11.1. The zero-order valence-corrected chi connectivity index (χ0v) is 13.2. The lowest BCUT2D eigenvalue weighted by Gasteiger charge is -2.04. The highest BCUT2D eigenvalue weighted by molar-refractivity contribution is 5.91. The average Bonchev–Trinajstić information content (AvgIpc) is 3.03. The molecule has 1 N–H and O–H groups in total. The minimum Gasteiger partial charge on any atom is -0.347 e. The minimum atomic E-state index is -0.232. The second-order valence-electron chi connectivity index (χ2n) is 5.56. The first kappa shape index (κ1) is 15.0. The molecule has 0 radical (unpaired) electrons. The molecule has 0 bridgehead atoms. The molecule has 2 aromatic carbocycles. The number of amides is 1. The fraction of sp³-hybridized carbons (Fsp3) is 0.167. The van der Waals surface area contributed by atoms with Gasteiger partial charge in [-0.1, -0.05) is 41.6 Å². The topological polar surface area (TPSA) is 59.8 Å². The first-order valence-electron chi connectivity index (χ1n) is 7.45. The molecule has 0 aliphatic carbocycles. The van der Waals surface area contributed by atoms with Crippen molar-refractivity contribution in [3.05, 3.63) is 77.1 Å². The fourth-order valence-corrected chi connectivity index (χ4v) is 2.45. The average molecular weight is 306 g/mol. The van der Waals surface area contributed by atoms with Gasteiger partial charge in [-0.3, -0.25) is 4.79 Å². The van der Waals surface area contributed by atoms with E-state index in [1.807, 2.05) is 56.3 Å². The molecule has 0 aliphatic heterocycles. The van der Waals surface area contributed by atoms with E-state index in [0.29, 0.717) is 12.2 Å². The first-order valence-corrected chi connectivity index (χ1v) is 7.45. The summed E-state index contributed by atoms with van der Waals surface area (Å²) in [6.45, 7) is 4.53.